The molecule has 1 unspecified atom stereocenters. The molecule has 1 aromatic heterocycles. The number of thioether (sulfide) groups is 1. The van der Waals surface area contributed by atoms with Gasteiger partial charge in [-0.3, -0.25) is 4.79 Å². The van der Waals surface area contributed by atoms with Crippen LogP contribution in [-0.2, 0) is 10.5 Å². The van der Waals surface area contributed by atoms with Gasteiger partial charge in [0.2, 0.25) is 11.1 Å². The minimum absolute atomic E-state index is 0.245. The first-order chi connectivity index (χ1) is 20.3. The number of aromatic nitrogens is 3. The number of benzene rings is 3. The van der Waals surface area contributed by atoms with Crippen molar-refractivity contribution in [3.8, 4) is 11.5 Å². The molecule has 3 aromatic carbocycles. The zero-order chi connectivity index (χ0) is 29.8. The van der Waals surface area contributed by atoms with Gasteiger partial charge in [-0.2, -0.15) is 4.98 Å². The van der Waals surface area contributed by atoms with E-state index in [4.69, 9.17) is 31.2 Å². The molecule has 0 aliphatic carbocycles. The molecule has 2 heterocycles. The molecule has 1 amide bonds. The van der Waals surface area contributed by atoms with E-state index in [0.717, 1.165) is 21.2 Å². The Kier molecular flexibility index (Phi) is 9.45. The molecular formula is C31H31BrClN5O3S. The lowest BCUT2D eigenvalue weighted by Gasteiger charge is -2.29. The number of ether oxygens (including phenoxy) is 2. The summed E-state index contributed by atoms with van der Waals surface area (Å²) in [6.45, 7) is 8.64. The number of aryl methyl sites for hydroxylation is 1. The average Bonchev–Trinajstić information content (AvgIpc) is 3.36. The largest absolute Gasteiger partial charge is 0.490 e. The molecule has 1 aliphatic rings. The topological polar surface area (TPSA) is 90.3 Å². The first-order valence-electron chi connectivity index (χ1n) is 13.6. The van der Waals surface area contributed by atoms with Crippen molar-refractivity contribution >= 4 is 56.8 Å². The lowest BCUT2D eigenvalue weighted by atomic mass is 9.94. The van der Waals surface area contributed by atoms with Gasteiger partial charge in [0.05, 0.1) is 23.3 Å². The second-order valence-corrected chi connectivity index (χ2v) is 11.8. The molecule has 1 atom stereocenters. The first-order valence-corrected chi connectivity index (χ1v) is 15.7. The van der Waals surface area contributed by atoms with Crippen LogP contribution in [0.1, 0.15) is 43.5 Å². The van der Waals surface area contributed by atoms with Gasteiger partial charge < -0.3 is 20.1 Å². The fourth-order valence-corrected chi connectivity index (χ4v) is 6.46. The maximum Gasteiger partial charge on any atom is 0.255 e. The predicted octanol–water partition coefficient (Wildman–Crippen LogP) is 8.02. The van der Waals surface area contributed by atoms with Gasteiger partial charge in [-0.25, -0.2) is 4.68 Å². The highest BCUT2D eigenvalue weighted by Crippen LogP contribution is 2.43. The van der Waals surface area contributed by atoms with Gasteiger partial charge in [0.25, 0.3) is 5.91 Å². The molecule has 4 aromatic rings. The van der Waals surface area contributed by atoms with Crippen LogP contribution in [0.2, 0.25) is 5.02 Å². The van der Waals surface area contributed by atoms with Gasteiger partial charge in [-0.05, 0) is 90.6 Å². The Bertz CT molecular complexity index is 1660. The monoisotopic (exact) mass is 667 g/mol. The van der Waals surface area contributed by atoms with E-state index in [1.54, 1.807) is 4.68 Å². The summed E-state index contributed by atoms with van der Waals surface area (Å²) in [6.07, 6.45) is 0. The van der Waals surface area contributed by atoms with Crippen LogP contribution in [0.5, 0.6) is 11.5 Å². The summed E-state index contributed by atoms with van der Waals surface area (Å²) in [5, 5.41) is 12.5. The van der Waals surface area contributed by atoms with Crippen molar-refractivity contribution in [3.63, 3.8) is 0 Å². The highest BCUT2D eigenvalue weighted by molar-refractivity contribution is 9.10. The molecular weight excluding hydrogens is 638 g/mol. The summed E-state index contributed by atoms with van der Waals surface area (Å²) in [5.41, 5.74) is 4.73. The standard InChI is InChI=1S/C31H31BrClN5O3S/c1-5-40-25-16-21(15-23(32)28(25)41-6-2)27-26(29(39)35-22-12-9-10-18(3)14-22)19(4)34-30-36-31(37-38(27)30)42-17-20-11-7-8-13-24(20)33/h7-16,27H,5-6,17H2,1-4H3,(H,35,39)(H,34,36,37). The fourth-order valence-electron chi connectivity index (χ4n) is 4.77. The molecule has 42 heavy (non-hydrogen) atoms. The zero-order valence-corrected chi connectivity index (χ0v) is 26.9. The highest BCUT2D eigenvalue weighted by atomic mass is 79.9. The van der Waals surface area contributed by atoms with Crippen LogP contribution in [0.3, 0.4) is 0 Å². The summed E-state index contributed by atoms with van der Waals surface area (Å²) in [6, 6.07) is 18.7. The van der Waals surface area contributed by atoms with Gasteiger partial charge in [0.1, 0.15) is 6.04 Å². The van der Waals surface area contributed by atoms with Crippen LogP contribution in [0.25, 0.3) is 0 Å². The minimum Gasteiger partial charge on any atom is -0.490 e. The molecule has 0 fully saturated rings. The second-order valence-electron chi connectivity index (χ2n) is 9.63. The number of carbonyl (C=O) groups excluding carboxylic acids is 1. The summed E-state index contributed by atoms with van der Waals surface area (Å²) >= 11 is 11.5. The van der Waals surface area contributed by atoms with E-state index in [1.807, 2.05) is 88.4 Å². The smallest absolute Gasteiger partial charge is 0.255 e. The Morgan fingerprint density at radius 3 is 2.62 bits per heavy atom. The maximum atomic E-state index is 13.9. The Morgan fingerprint density at radius 1 is 1.10 bits per heavy atom. The lowest BCUT2D eigenvalue weighted by molar-refractivity contribution is -0.113. The Labute approximate surface area is 263 Å². The van der Waals surface area contributed by atoms with Crippen LogP contribution in [0.15, 0.2) is 81.6 Å². The summed E-state index contributed by atoms with van der Waals surface area (Å²) in [4.78, 5) is 18.7. The van der Waals surface area contributed by atoms with Crippen LogP contribution in [-0.4, -0.2) is 33.9 Å². The van der Waals surface area contributed by atoms with Crippen LogP contribution in [0, 0.1) is 6.92 Å². The number of nitrogens with zero attached hydrogens (tertiary/aromatic N) is 3. The lowest BCUT2D eigenvalue weighted by Crippen LogP contribution is -2.31. The number of rotatable bonds is 10. The molecule has 218 valence electrons. The minimum atomic E-state index is -0.598. The number of hydrogen-bond acceptors (Lipinski definition) is 7. The normalized spacial score (nSPS) is 14.3. The van der Waals surface area contributed by atoms with Crippen LogP contribution < -0.4 is 20.1 Å². The van der Waals surface area contributed by atoms with E-state index in [2.05, 4.69) is 26.6 Å². The summed E-state index contributed by atoms with van der Waals surface area (Å²) in [7, 11) is 0. The fraction of sp³-hybridized carbons (Fsp3) is 0.258. The molecule has 0 spiro atoms. The quantitative estimate of drug-likeness (QED) is 0.166. The summed E-state index contributed by atoms with van der Waals surface area (Å²) in [5.74, 6) is 2.08. The number of hydrogen-bond donors (Lipinski definition) is 2. The average molecular weight is 669 g/mol. The second kappa shape index (κ2) is 13.2. The Balaban J connectivity index is 1.58. The molecule has 0 saturated heterocycles. The van der Waals surface area contributed by atoms with E-state index in [9.17, 15) is 4.79 Å². The van der Waals surface area contributed by atoms with Crippen molar-refractivity contribution < 1.29 is 14.3 Å². The number of halogens is 2. The number of allylic oxidation sites excluding steroid dienone is 1. The number of carbonyl (C=O) groups is 1. The summed E-state index contributed by atoms with van der Waals surface area (Å²) < 4.78 is 14.3. The van der Waals surface area contributed by atoms with Gasteiger partial charge >= 0.3 is 0 Å². The van der Waals surface area contributed by atoms with Crippen LogP contribution in [0.4, 0.5) is 11.6 Å². The van der Waals surface area contributed by atoms with Gasteiger partial charge in [0.15, 0.2) is 11.5 Å². The molecule has 11 heteroatoms. The van der Waals surface area contributed by atoms with Crippen molar-refractivity contribution in [3.05, 3.63) is 98.1 Å². The van der Waals surface area contributed by atoms with Crippen molar-refractivity contribution in [2.75, 3.05) is 23.8 Å². The zero-order valence-electron chi connectivity index (χ0n) is 23.7. The van der Waals surface area contributed by atoms with Crippen molar-refractivity contribution in [1.29, 1.82) is 0 Å². The highest BCUT2D eigenvalue weighted by Gasteiger charge is 2.35. The maximum absolute atomic E-state index is 13.9. The third kappa shape index (κ3) is 6.45. The SMILES string of the molecule is CCOc1cc(C2C(C(=O)Nc3cccc(C)c3)=C(C)Nc3nc(SCc4ccccc4Cl)nn32)cc(Br)c1OCC. The van der Waals surface area contributed by atoms with E-state index in [1.165, 1.54) is 11.8 Å². The molecule has 8 nitrogen and oxygen atoms in total. The van der Waals surface area contributed by atoms with E-state index >= 15 is 0 Å². The third-order valence-electron chi connectivity index (χ3n) is 6.60. The molecule has 0 bridgehead atoms. The number of anilines is 2. The van der Waals surface area contributed by atoms with E-state index in [0.29, 0.717) is 63.6 Å². The number of fused-ring (bicyclic) bond motifs is 1. The van der Waals surface area contributed by atoms with Gasteiger partial charge in [-0.1, -0.05) is 53.7 Å². The van der Waals surface area contributed by atoms with Crippen molar-refractivity contribution in [2.45, 2.75) is 44.6 Å². The van der Waals surface area contributed by atoms with E-state index < -0.39 is 6.04 Å². The first kappa shape index (κ1) is 30.0. The third-order valence-corrected chi connectivity index (χ3v) is 8.45. The van der Waals surface area contributed by atoms with Gasteiger partial charge in [0, 0.05) is 22.2 Å². The Morgan fingerprint density at radius 2 is 1.88 bits per heavy atom. The van der Waals surface area contributed by atoms with Crippen LogP contribution >= 0.6 is 39.3 Å². The number of nitrogens with one attached hydrogen (secondary N) is 2. The number of amides is 1. The molecule has 1 aliphatic heterocycles. The van der Waals surface area contributed by atoms with Crippen molar-refractivity contribution in [1.82, 2.24) is 14.8 Å². The van der Waals surface area contributed by atoms with Crippen molar-refractivity contribution in [2.24, 2.45) is 0 Å². The molecule has 0 saturated carbocycles. The van der Waals surface area contributed by atoms with Gasteiger partial charge in [-0.15, -0.1) is 5.10 Å². The van der Waals surface area contributed by atoms with E-state index in [-0.39, 0.29) is 5.91 Å². The molecule has 2 N–H and O–H groups in total. The predicted molar refractivity (Wildman–Crippen MR) is 172 cm³/mol. The molecule has 5 rings (SSSR count). The Hall–Kier alpha value is -3.47. The molecule has 0 radical (unpaired) electrons.